The SMILES string of the molecule is N[C@@H]1c2ccccc2CC12CCN(c1nc3[nH]nc(C4=CCCc5occc54)c3c(=O)[nH]1)CC2. The Morgan fingerprint density at radius 3 is 2.88 bits per heavy atom. The molecule has 1 fully saturated rings. The largest absolute Gasteiger partial charge is 0.469 e. The van der Waals surface area contributed by atoms with Crippen LogP contribution < -0.4 is 16.2 Å². The van der Waals surface area contributed by atoms with Crippen molar-refractivity contribution in [3.05, 3.63) is 81.2 Å². The normalized spacial score (nSPS) is 21.0. The van der Waals surface area contributed by atoms with Crippen LogP contribution in [-0.4, -0.2) is 33.3 Å². The fraction of sp³-hybridized carbons (Fsp3) is 0.346. The zero-order chi connectivity index (χ0) is 22.9. The maximum atomic E-state index is 13.2. The monoisotopic (exact) mass is 454 g/mol. The molecule has 0 radical (unpaired) electrons. The van der Waals surface area contributed by atoms with Crippen LogP contribution in [0.15, 0.2) is 51.9 Å². The minimum Gasteiger partial charge on any atom is -0.469 e. The first-order valence-corrected chi connectivity index (χ1v) is 12.0. The van der Waals surface area contributed by atoms with Gasteiger partial charge in [-0.15, -0.1) is 0 Å². The molecule has 172 valence electrons. The summed E-state index contributed by atoms with van der Waals surface area (Å²) in [6, 6.07) is 10.5. The van der Waals surface area contributed by atoms with Gasteiger partial charge in [0.25, 0.3) is 5.56 Å². The van der Waals surface area contributed by atoms with E-state index in [9.17, 15) is 4.79 Å². The lowest BCUT2D eigenvalue weighted by Gasteiger charge is -2.42. The van der Waals surface area contributed by atoms with Crippen molar-refractivity contribution < 1.29 is 4.42 Å². The van der Waals surface area contributed by atoms with Crippen LogP contribution in [0.1, 0.15) is 53.4 Å². The van der Waals surface area contributed by atoms with Crippen molar-refractivity contribution in [2.75, 3.05) is 18.0 Å². The second kappa shape index (κ2) is 7.17. The van der Waals surface area contributed by atoms with E-state index in [0.717, 1.165) is 62.1 Å². The number of aromatic nitrogens is 4. The van der Waals surface area contributed by atoms with E-state index in [-0.39, 0.29) is 17.0 Å². The summed E-state index contributed by atoms with van der Waals surface area (Å²) in [5, 5.41) is 7.97. The van der Waals surface area contributed by atoms with Gasteiger partial charge < -0.3 is 15.1 Å². The summed E-state index contributed by atoms with van der Waals surface area (Å²) in [4.78, 5) is 23.2. The van der Waals surface area contributed by atoms with E-state index in [2.05, 4.69) is 50.4 Å². The van der Waals surface area contributed by atoms with Crippen LogP contribution >= 0.6 is 0 Å². The molecule has 34 heavy (non-hydrogen) atoms. The molecule has 0 amide bonds. The zero-order valence-electron chi connectivity index (χ0n) is 18.8. The summed E-state index contributed by atoms with van der Waals surface area (Å²) in [5.41, 5.74) is 12.4. The van der Waals surface area contributed by atoms with Crippen LogP contribution in [-0.2, 0) is 12.8 Å². The number of benzene rings is 1. The van der Waals surface area contributed by atoms with Crippen molar-refractivity contribution in [2.45, 2.75) is 38.1 Å². The van der Waals surface area contributed by atoms with Gasteiger partial charge >= 0.3 is 0 Å². The Labute approximate surface area is 195 Å². The molecule has 1 saturated heterocycles. The Morgan fingerprint density at radius 2 is 2.03 bits per heavy atom. The lowest BCUT2D eigenvalue weighted by Crippen LogP contribution is -2.45. The third kappa shape index (κ3) is 2.78. The average molecular weight is 455 g/mol. The van der Waals surface area contributed by atoms with E-state index < -0.39 is 0 Å². The molecule has 8 nitrogen and oxygen atoms in total. The van der Waals surface area contributed by atoms with E-state index >= 15 is 0 Å². The Hall–Kier alpha value is -3.65. The van der Waals surface area contributed by atoms with Gasteiger partial charge in [0.15, 0.2) is 5.65 Å². The van der Waals surface area contributed by atoms with Crippen LogP contribution in [0.3, 0.4) is 0 Å². The molecule has 3 aromatic heterocycles. The fourth-order valence-corrected chi connectivity index (χ4v) is 6.20. The van der Waals surface area contributed by atoms with Gasteiger partial charge in [-0.05, 0) is 48.3 Å². The van der Waals surface area contributed by atoms with Crippen molar-refractivity contribution in [1.29, 1.82) is 0 Å². The summed E-state index contributed by atoms with van der Waals surface area (Å²) in [5.74, 6) is 1.53. The van der Waals surface area contributed by atoms with Crippen LogP contribution in [0.2, 0.25) is 0 Å². The number of furan rings is 1. The number of allylic oxidation sites excluding steroid dienone is 1. The fourth-order valence-electron chi connectivity index (χ4n) is 6.20. The quantitative estimate of drug-likeness (QED) is 0.427. The molecule has 4 N–H and O–H groups in total. The lowest BCUT2D eigenvalue weighted by atomic mass is 9.73. The molecule has 0 unspecified atom stereocenters. The number of fused-ring (bicyclic) bond motifs is 3. The predicted octanol–water partition coefficient (Wildman–Crippen LogP) is 3.46. The van der Waals surface area contributed by atoms with Gasteiger partial charge in [-0.2, -0.15) is 10.1 Å². The van der Waals surface area contributed by atoms with Gasteiger partial charge in [-0.3, -0.25) is 14.9 Å². The van der Waals surface area contributed by atoms with Gasteiger partial charge in [-0.25, -0.2) is 0 Å². The molecule has 1 aromatic carbocycles. The summed E-state index contributed by atoms with van der Waals surface area (Å²) in [7, 11) is 0. The highest BCUT2D eigenvalue weighted by molar-refractivity contribution is 5.94. The molecular weight excluding hydrogens is 428 g/mol. The number of hydrogen-bond acceptors (Lipinski definition) is 6. The molecular formula is C26H26N6O2. The van der Waals surface area contributed by atoms with E-state index in [0.29, 0.717) is 22.7 Å². The van der Waals surface area contributed by atoms with E-state index in [1.807, 2.05) is 6.07 Å². The van der Waals surface area contributed by atoms with Crippen LogP contribution in [0.25, 0.3) is 16.6 Å². The maximum Gasteiger partial charge on any atom is 0.264 e. The highest BCUT2D eigenvalue weighted by Crippen LogP contribution is 2.50. The molecule has 2 aliphatic carbocycles. The molecule has 1 aliphatic heterocycles. The van der Waals surface area contributed by atoms with Crippen molar-refractivity contribution in [2.24, 2.45) is 11.1 Å². The number of piperidine rings is 1. The molecule has 3 aliphatic rings. The molecule has 0 saturated carbocycles. The van der Waals surface area contributed by atoms with Gasteiger partial charge in [0.1, 0.15) is 16.8 Å². The highest BCUT2D eigenvalue weighted by atomic mass is 16.3. The first kappa shape index (κ1) is 19.8. The first-order chi connectivity index (χ1) is 16.6. The number of rotatable bonds is 2. The van der Waals surface area contributed by atoms with Crippen molar-refractivity contribution >= 4 is 22.6 Å². The predicted molar refractivity (Wildman–Crippen MR) is 130 cm³/mol. The van der Waals surface area contributed by atoms with Gasteiger partial charge in [0.05, 0.1) is 6.26 Å². The number of hydrogen-bond donors (Lipinski definition) is 3. The molecule has 1 atom stereocenters. The van der Waals surface area contributed by atoms with Crippen LogP contribution in [0.5, 0.6) is 0 Å². The van der Waals surface area contributed by atoms with Crippen molar-refractivity contribution in [3.63, 3.8) is 0 Å². The van der Waals surface area contributed by atoms with E-state index in [4.69, 9.17) is 15.1 Å². The molecule has 7 rings (SSSR count). The van der Waals surface area contributed by atoms with E-state index in [1.165, 1.54) is 11.1 Å². The Morgan fingerprint density at radius 1 is 1.18 bits per heavy atom. The van der Waals surface area contributed by atoms with E-state index in [1.54, 1.807) is 6.26 Å². The molecule has 4 heterocycles. The van der Waals surface area contributed by atoms with Crippen LogP contribution in [0.4, 0.5) is 5.95 Å². The number of nitrogens with two attached hydrogens (primary N) is 1. The van der Waals surface area contributed by atoms with Crippen LogP contribution in [0, 0.1) is 5.41 Å². The summed E-state index contributed by atoms with van der Waals surface area (Å²) in [6.45, 7) is 1.61. The minimum atomic E-state index is -0.175. The topological polar surface area (TPSA) is 117 Å². The smallest absolute Gasteiger partial charge is 0.264 e. The zero-order valence-corrected chi connectivity index (χ0v) is 18.8. The minimum absolute atomic E-state index is 0.0621. The second-order valence-corrected chi connectivity index (χ2v) is 9.80. The Balaban J connectivity index is 1.17. The number of H-pyrrole nitrogens is 2. The second-order valence-electron chi connectivity index (χ2n) is 9.80. The summed E-state index contributed by atoms with van der Waals surface area (Å²) >= 11 is 0. The number of nitrogens with one attached hydrogen (secondary N) is 2. The third-order valence-electron chi connectivity index (χ3n) is 8.08. The molecule has 4 aromatic rings. The third-order valence-corrected chi connectivity index (χ3v) is 8.08. The molecule has 0 bridgehead atoms. The van der Waals surface area contributed by atoms with Crippen molar-refractivity contribution in [3.8, 4) is 0 Å². The Kier molecular flexibility index (Phi) is 4.17. The summed E-state index contributed by atoms with van der Waals surface area (Å²) < 4.78 is 5.60. The first-order valence-electron chi connectivity index (χ1n) is 12.0. The lowest BCUT2D eigenvalue weighted by molar-refractivity contribution is 0.187. The summed E-state index contributed by atoms with van der Waals surface area (Å²) in [6.07, 6.45) is 8.48. The van der Waals surface area contributed by atoms with Crippen molar-refractivity contribution in [1.82, 2.24) is 20.2 Å². The van der Waals surface area contributed by atoms with Gasteiger partial charge in [-0.1, -0.05) is 30.3 Å². The number of aromatic amines is 2. The Bertz CT molecular complexity index is 1500. The highest BCUT2D eigenvalue weighted by Gasteiger charge is 2.46. The maximum absolute atomic E-state index is 13.2. The number of nitrogens with zero attached hydrogens (tertiary/aromatic N) is 3. The standard InChI is InChI=1S/C26H26N6O2/c27-22-16-5-2-1-4-15(16)14-26(22)9-11-32(12-10-26)25-28-23-20(24(33)29-25)21(30-31-23)18-6-3-7-19-17(18)8-13-34-19/h1-2,4-6,8,13,22H,3,7,9-12,14,27H2,(H2,28,29,30,31,33)/t22-/m1/s1. The molecule has 1 spiro atoms. The molecule has 8 heteroatoms. The van der Waals surface area contributed by atoms with Gasteiger partial charge in [0, 0.05) is 36.7 Å². The van der Waals surface area contributed by atoms with Gasteiger partial charge in [0.2, 0.25) is 5.95 Å². The number of anilines is 1. The average Bonchev–Trinajstić information content (AvgIpc) is 3.57. The number of aryl methyl sites for hydroxylation is 1.